The highest BCUT2D eigenvalue weighted by atomic mass is 32.2. The van der Waals surface area contributed by atoms with E-state index in [-0.39, 0.29) is 17.6 Å². The molecule has 2 amide bonds. The van der Waals surface area contributed by atoms with Crippen LogP contribution in [0.5, 0.6) is 23.0 Å². The first-order valence-electron chi connectivity index (χ1n) is 12.7. The average molecular weight is 577 g/mol. The number of nitrogens with one attached hydrogen (secondary N) is 3. The molecule has 3 N–H and O–H groups in total. The molecule has 0 radical (unpaired) electrons. The van der Waals surface area contributed by atoms with E-state index in [1.54, 1.807) is 38.3 Å². The summed E-state index contributed by atoms with van der Waals surface area (Å²) in [6, 6.07) is 19.2. The maximum Gasteiger partial charge on any atom is 0.255 e. The van der Waals surface area contributed by atoms with Gasteiger partial charge >= 0.3 is 0 Å². The summed E-state index contributed by atoms with van der Waals surface area (Å²) in [6.45, 7) is 1.80. The molecule has 4 rings (SSSR count). The molecule has 0 spiro atoms. The Morgan fingerprint density at radius 2 is 1.49 bits per heavy atom. The third-order valence-electron chi connectivity index (χ3n) is 6.22. The lowest BCUT2D eigenvalue weighted by Crippen LogP contribution is -2.32. The molecule has 1 heterocycles. The van der Waals surface area contributed by atoms with E-state index >= 15 is 0 Å². The molecule has 1 aliphatic rings. The molecule has 1 aliphatic heterocycles. The number of thioether (sulfide) groups is 1. The number of nitrogens with zero attached hydrogens (tertiary/aromatic N) is 1. The van der Waals surface area contributed by atoms with Gasteiger partial charge in [0.25, 0.3) is 5.91 Å². The molecular formula is C30H32N4O6S. The monoisotopic (exact) mass is 576 g/mol. The molecule has 0 bridgehead atoms. The van der Waals surface area contributed by atoms with Crippen LogP contribution in [0.4, 0.5) is 11.4 Å². The lowest BCUT2D eigenvalue weighted by atomic mass is 9.95. The minimum absolute atomic E-state index is 0.0741. The van der Waals surface area contributed by atoms with Crippen LogP contribution in [0.15, 0.2) is 83.0 Å². The van der Waals surface area contributed by atoms with Crippen molar-refractivity contribution in [2.45, 2.75) is 13.0 Å². The topological polar surface area (TPSA) is 120 Å². The number of amidine groups is 1. The van der Waals surface area contributed by atoms with E-state index in [1.807, 2.05) is 42.5 Å². The van der Waals surface area contributed by atoms with E-state index in [0.717, 1.165) is 0 Å². The molecule has 0 saturated heterocycles. The molecule has 3 aromatic rings. The number of carbonyl (C=O) groups excluding carboxylic acids is 2. The van der Waals surface area contributed by atoms with E-state index in [0.29, 0.717) is 56.4 Å². The number of benzene rings is 3. The highest BCUT2D eigenvalue weighted by Crippen LogP contribution is 2.43. The molecule has 3 aromatic carbocycles. The minimum atomic E-state index is -0.728. The van der Waals surface area contributed by atoms with Crippen molar-refractivity contribution in [2.75, 3.05) is 44.8 Å². The van der Waals surface area contributed by atoms with Crippen LogP contribution < -0.4 is 34.9 Å². The van der Waals surface area contributed by atoms with Gasteiger partial charge in [-0.3, -0.25) is 9.59 Å². The molecule has 0 saturated carbocycles. The van der Waals surface area contributed by atoms with Crippen molar-refractivity contribution in [2.24, 2.45) is 4.99 Å². The Labute approximate surface area is 243 Å². The quantitative estimate of drug-likeness (QED) is 0.308. The molecule has 0 unspecified atom stereocenters. The zero-order valence-electron chi connectivity index (χ0n) is 23.4. The average Bonchev–Trinajstić information content (AvgIpc) is 2.99. The molecule has 41 heavy (non-hydrogen) atoms. The minimum Gasteiger partial charge on any atom is -0.495 e. The van der Waals surface area contributed by atoms with Gasteiger partial charge in [0.15, 0.2) is 16.7 Å². The highest BCUT2D eigenvalue weighted by molar-refractivity contribution is 8.14. The predicted molar refractivity (Wildman–Crippen MR) is 161 cm³/mol. The lowest BCUT2D eigenvalue weighted by molar-refractivity contribution is -0.114. The van der Waals surface area contributed by atoms with Gasteiger partial charge in [-0.15, -0.1) is 0 Å². The maximum absolute atomic E-state index is 13.6. The van der Waals surface area contributed by atoms with Crippen molar-refractivity contribution in [1.82, 2.24) is 5.32 Å². The Morgan fingerprint density at radius 3 is 2.12 bits per heavy atom. The van der Waals surface area contributed by atoms with Crippen molar-refractivity contribution in [3.05, 3.63) is 83.6 Å². The van der Waals surface area contributed by atoms with Crippen LogP contribution in [0.3, 0.4) is 0 Å². The number of carbonyl (C=O) groups is 2. The van der Waals surface area contributed by atoms with Crippen LogP contribution in [0.1, 0.15) is 18.5 Å². The Bertz CT molecular complexity index is 1450. The second kappa shape index (κ2) is 13.6. The van der Waals surface area contributed by atoms with E-state index < -0.39 is 6.04 Å². The number of aliphatic imine (C=N–C) groups is 1. The molecular weight excluding hydrogens is 544 g/mol. The van der Waals surface area contributed by atoms with Gasteiger partial charge in [0.1, 0.15) is 11.8 Å². The standard InChI is InChI=1S/C30H32N4O6S/c1-18-26(29(36)32-20-11-7-6-8-12-20)27(19-15-23(38-3)28(40-5)24(16-19)39-4)34-30(31-18)41-17-25(35)33-21-13-9-10-14-22(21)37-2/h6-16,27H,17H2,1-5H3,(H,31,34)(H,32,36)(H,33,35)/t27-/m1/s1. The second-order valence-electron chi connectivity index (χ2n) is 8.82. The summed E-state index contributed by atoms with van der Waals surface area (Å²) in [7, 11) is 6.12. The molecule has 0 aliphatic carbocycles. The van der Waals surface area contributed by atoms with Gasteiger partial charge in [-0.2, -0.15) is 0 Å². The van der Waals surface area contributed by atoms with E-state index in [1.165, 1.54) is 33.1 Å². The fraction of sp³-hybridized carbons (Fsp3) is 0.233. The van der Waals surface area contributed by atoms with Gasteiger partial charge < -0.3 is 34.9 Å². The SMILES string of the molecule is COc1ccccc1NC(=O)CSC1=N[C@H](c2cc(OC)c(OC)c(OC)c2)C(C(=O)Nc2ccccc2)=C(C)N1. The van der Waals surface area contributed by atoms with E-state index in [9.17, 15) is 9.59 Å². The number of hydrogen-bond acceptors (Lipinski definition) is 9. The predicted octanol–water partition coefficient (Wildman–Crippen LogP) is 5.01. The number of rotatable bonds is 10. The molecule has 11 heteroatoms. The number of amides is 2. The summed E-state index contributed by atoms with van der Waals surface area (Å²) in [4.78, 5) is 31.2. The highest BCUT2D eigenvalue weighted by Gasteiger charge is 2.31. The Hall–Kier alpha value is -4.64. The number of methoxy groups -OCH3 is 4. The number of anilines is 2. The van der Waals surface area contributed by atoms with Crippen molar-refractivity contribution in [3.63, 3.8) is 0 Å². The number of para-hydroxylation sites is 3. The lowest BCUT2D eigenvalue weighted by Gasteiger charge is -2.27. The third-order valence-corrected chi connectivity index (χ3v) is 7.11. The van der Waals surface area contributed by atoms with Gasteiger partial charge in [0, 0.05) is 11.4 Å². The van der Waals surface area contributed by atoms with Crippen molar-refractivity contribution < 1.29 is 28.5 Å². The Balaban J connectivity index is 1.64. The Kier molecular flexibility index (Phi) is 9.75. The van der Waals surface area contributed by atoms with Crippen LogP contribution in [0.25, 0.3) is 0 Å². The summed E-state index contributed by atoms with van der Waals surface area (Å²) in [5.74, 6) is 1.38. The third kappa shape index (κ3) is 6.93. The normalized spacial score (nSPS) is 14.4. The first-order valence-corrected chi connectivity index (χ1v) is 13.6. The second-order valence-corrected chi connectivity index (χ2v) is 9.78. The molecule has 214 valence electrons. The summed E-state index contributed by atoms with van der Waals surface area (Å²) in [5, 5.41) is 9.48. The maximum atomic E-state index is 13.6. The van der Waals surface area contributed by atoms with E-state index in [2.05, 4.69) is 16.0 Å². The molecule has 10 nitrogen and oxygen atoms in total. The number of hydrogen-bond donors (Lipinski definition) is 3. The van der Waals surface area contributed by atoms with Gasteiger partial charge in [-0.1, -0.05) is 42.1 Å². The zero-order chi connectivity index (χ0) is 29.4. The fourth-order valence-corrected chi connectivity index (χ4v) is 5.05. The molecule has 0 aromatic heterocycles. The van der Waals surface area contributed by atoms with Crippen LogP contribution in [-0.4, -0.2) is 51.2 Å². The van der Waals surface area contributed by atoms with Crippen LogP contribution in [-0.2, 0) is 9.59 Å². The number of ether oxygens (including phenoxy) is 4. The zero-order valence-corrected chi connectivity index (χ0v) is 24.3. The van der Waals surface area contributed by atoms with Crippen LogP contribution in [0.2, 0.25) is 0 Å². The molecule has 1 atom stereocenters. The fourth-order valence-electron chi connectivity index (χ4n) is 4.30. The molecule has 0 fully saturated rings. The van der Waals surface area contributed by atoms with Gasteiger partial charge in [-0.25, -0.2) is 4.99 Å². The summed E-state index contributed by atoms with van der Waals surface area (Å²) in [6.07, 6.45) is 0. The van der Waals surface area contributed by atoms with Crippen LogP contribution in [0, 0.1) is 0 Å². The van der Waals surface area contributed by atoms with Gasteiger partial charge in [0.05, 0.1) is 45.5 Å². The summed E-state index contributed by atoms with van der Waals surface area (Å²) < 4.78 is 21.9. The summed E-state index contributed by atoms with van der Waals surface area (Å²) >= 11 is 1.22. The largest absolute Gasteiger partial charge is 0.495 e. The summed E-state index contributed by atoms with van der Waals surface area (Å²) in [5.41, 5.74) is 2.88. The Morgan fingerprint density at radius 1 is 0.854 bits per heavy atom. The van der Waals surface area contributed by atoms with Crippen molar-refractivity contribution >= 4 is 40.1 Å². The smallest absolute Gasteiger partial charge is 0.255 e. The first-order chi connectivity index (χ1) is 19.9. The number of allylic oxidation sites excluding steroid dienone is 1. The first kappa shape index (κ1) is 29.3. The van der Waals surface area contributed by atoms with E-state index in [4.69, 9.17) is 23.9 Å². The van der Waals surface area contributed by atoms with Gasteiger partial charge in [-0.05, 0) is 48.9 Å². The van der Waals surface area contributed by atoms with Crippen molar-refractivity contribution in [3.8, 4) is 23.0 Å². The van der Waals surface area contributed by atoms with Crippen molar-refractivity contribution in [1.29, 1.82) is 0 Å². The van der Waals surface area contributed by atoms with Crippen LogP contribution >= 0.6 is 11.8 Å². The van der Waals surface area contributed by atoms with Gasteiger partial charge in [0.2, 0.25) is 11.7 Å².